The van der Waals surface area contributed by atoms with E-state index in [0.717, 1.165) is 30.0 Å². The van der Waals surface area contributed by atoms with Gasteiger partial charge in [-0.2, -0.15) is 0 Å². The lowest BCUT2D eigenvalue weighted by Crippen LogP contribution is -2.34. The van der Waals surface area contributed by atoms with E-state index >= 15 is 0 Å². The van der Waals surface area contributed by atoms with Gasteiger partial charge in [0.25, 0.3) is 0 Å². The van der Waals surface area contributed by atoms with Crippen molar-refractivity contribution in [3.05, 3.63) is 34.9 Å². The minimum Gasteiger partial charge on any atom is -0.372 e. The van der Waals surface area contributed by atoms with Crippen molar-refractivity contribution in [1.29, 1.82) is 0 Å². The quantitative estimate of drug-likeness (QED) is 0.775. The van der Waals surface area contributed by atoms with Gasteiger partial charge >= 0.3 is 0 Å². The summed E-state index contributed by atoms with van der Waals surface area (Å²) < 4.78 is 5.65. The van der Waals surface area contributed by atoms with E-state index in [4.69, 9.17) is 22.1 Å². The van der Waals surface area contributed by atoms with Crippen LogP contribution in [0, 0.1) is 0 Å². The molecule has 0 aromatic heterocycles. The summed E-state index contributed by atoms with van der Waals surface area (Å²) in [5, 5.41) is 0.748. The van der Waals surface area contributed by atoms with Crippen molar-refractivity contribution in [3.63, 3.8) is 0 Å². The van der Waals surface area contributed by atoms with Gasteiger partial charge in [-0.1, -0.05) is 23.7 Å². The summed E-state index contributed by atoms with van der Waals surface area (Å²) in [4.78, 5) is 0. The first kappa shape index (κ1) is 9.97. The van der Waals surface area contributed by atoms with Crippen molar-refractivity contribution in [2.45, 2.75) is 25.0 Å². The van der Waals surface area contributed by atoms with Crippen molar-refractivity contribution < 1.29 is 4.74 Å². The van der Waals surface area contributed by atoms with Crippen LogP contribution in [0.3, 0.4) is 0 Å². The van der Waals surface area contributed by atoms with E-state index in [2.05, 4.69) is 0 Å². The first-order valence-corrected chi connectivity index (χ1v) is 5.28. The van der Waals surface area contributed by atoms with Gasteiger partial charge in [0.2, 0.25) is 0 Å². The Kier molecular flexibility index (Phi) is 3.06. The first-order chi connectivity index (χ1) is 6.77. The molecule has 1 aromatic rings. The van der Waals surface area contributed by atoms with Crippen molar-refractivity contribution in [2.24, 2.45) is 5.73 Å². The van der Waals surface area contributed by atoms with Gasteiger partial charge in [-0.15, -0.1) is 0 Å². The highest BCUT2D eigenvalue weighted by atomic mass is 35.5. The van der Waals surface area contributed by atoms with Crippen LogP contribution < -0.4 is 5.73 Å². The third-order valence-corrected chi connectivity index (χ3v) is 2.82. The molecule has 1 aliphatic rings. The fourth-order valence-electron chi connectivity index (χ4n) is 1.80. The van der Waals surface area contributed by atoms with E-state index < -0.39 is 0 Å². The predicted octanol–water partition coefficient (Wildman–Crippen LogP) is 2.52. The van der Waals surface area contributed by atoms with Gasteiger partial charge in [-0.25, -0.2) is 0 Å². The SMILES string of the molecule is NC1CCCOC1c1ccc(Cl)cc1. The average molecular weight is 212 g/mol. The molecule has 1 aliphatic heterocycles. The monoisotopic (exact) mass is 211 g/mol. The highest BCUT2D eigenvalue weighted by Crippen LogP contribution is 2.27. The minimum atomic E-state index is 0.0426. The molecule has 2 atom stereocenters. The summed E-state index contributed by atoms with van der Waals surface area (Å²) in [7, 11) is 0. The predicted molar refractivity (Wildman–Crippen MR) is 57.4 cm³/mol. The van der Waals surface area contributed by atoms with Crippen LogP contribution in [0.5, 0.6) is 0 Å². The Hall–Kier alpha value is -0.570. The number of benzene rings is 1. The molecule has 1 saturated heterocycles. The Bertz CT molecular complexity index is 299. The minimum absolute atomic E-state index is 0.0426. The number of hydrogen-bond donors (Lipinski definition) is 1. The Morgan fingerprint density at radius 3 is 2.64 bits per heavy atom. The van der Waals surface area contributed by atoms with E-state index in [-0.39, 0.29) is 12.1 Å². The molecule has 1 aromatic carbocycles. The van der Waals surface area contributed by atoms with Crippen LogP contribution in [0.2, 0.25) is 5.02 Å². The molecule has 0 amide bonds. The zero-order valence-corrected chi connectivity index (χ0v) is 8.70. The molecule has 0 bridgehead atoms. The second-order valence-electron chi connectivity index (χ2n) is 3.65. The molecule has 1 heterocycles. The third-order valence-electron chi connectivity index (χ3n) is 2.57. The van der Waals surface area contributed by atoms with Gasteiger partial charge in [-0.3, -0.25) is 0 Å². The maximum atomic E-state index is 5.99. The lowest BCUT2D eigenvalue weighted by atomic mass is 9.97. The van der Waals surface area contributed by atoms with Crippen molar-refractivity contribution in [2.75, 3.05) is 6.61 Å². The lowest BCUT2D eigenvalue weighted by Gasteiger charge is -2.29. The Morgan fingerprint density at radius 2 is 2.00 bits per heavy atom. The van der Waals surface area contributed by atoms with Crippen LogP contribution in [0.15, 0.2) is 24.3 Å². The van der Waals surface area contributed by atoms with Gasteiger partial charge in [0, 0.05) is 17.7 Å². The molecule has 14 heavy (non-hydrogen) atoms. The molecule has 2 rings (SSSR count). The van der Waals surface area contributed by atoms with Crippen LogP contribution >= 0.6 is 11.6 Å². The third kappa shape index (κ3) is 2.08. The number of ether oxygens (including phenoxy) is 1. The molecule has 0 spiro atoms. The molecule has 2 N–H and O–H groups in total. The molecule has 3 heteroatoms. The zero-order valence-electron chi connectivity index (χ0n) is 7.95. The second kappa shape index (κ2) is 4.30. The topological polar surface area (TPSA) is 35.2 Å². The maximum absolute atomic E-state index is 5.99. The van der Waals surface area contributed by atoms with Crippen LogP contribution in [0.25, 0.3) is 0 Å². The van der Waals surface area contributed by atoms with Crippen LogP contribution in [-0.4, -0.2) is 12.6 Å². The summed E-state index contributed by atoms with van der Waals surface area (Å²) in [5.74, 6) is 0. The lowest BCUT2D eigenvalue weighted by molar-refractivity contribution is 0.000149. The van der Waals surface area contributed by atoms with Gasteiger partial charge in [0.05, 0.1) is 6.10 Å². The van der Waals surface area contributed by atoms with Crippen molar-refractivity contribution >= 4 is 11.6 Å². The fourth-order valence-corrected chi connectivity index (χ4v) is 1.93. The molecule has 2 unspecified atom stereocenters. The van der Waals surface area contributed by atoms with E-state index in [1.165, 1.54) is 0 Å². The van der Waals surface area contributed by atoms with Crippen molar-refractivity contribution in [1.82, 2.24) is 0 Å². The molecular formula is C11H14ClNO. The molecule has 0 saturated carbocycles. The van der Waals surface area contributed by atoms with E-state index in [1.807, 2.05) is 24.3 Å². The van der Waals surface area contributed by atoms with Gasteiger partial charge in [-0.05, 0) is 30.5 Å². The summed E-state index contributed by atoms with van der Waals surface area (Å²) in [6, 6.07) is 7.84. The summed E-state index contributed by atoms with van der Waals surface area (Å²) in [6.07, 6.45) is 2.14. The Labute approximate surface area is 89.0 Å². The van der Waals surface area contributed by atoms with Crippen molar-refractivity contribution in [3.8, 4) is 0 Å². The average Bonchev–Trinajstić information content (AvgIpc) is 2.20. The molecule has 0 aliphatic carbocycles. The highest BCUT2D eigenvalue weighted by Gasteiger charge is 2.23. The smallest absolute Gasteiger partial charge is 0.0975 e. The van der Waals surface area contributed by atoms with E-state index in [9.17, 15) is 0 Å². The summed E-state index contributed by atoms with van der Waals surface area (Å²) in [5.41, 5.74) is 7.12. The molecule has 2 nitrogen and oxygen atoms in total. The van der Waals surface area contributed by atoms with Gasteiger partial charge in [0.1, 0.15) is 0 Å². The van der Waals surface area contributed by atoms with Crippen LogP contribution in [-0.2, 0) is 4.74 Å². The maximum Gasteiger partial charge on any atom is 0.0975 e. The first-order valence-electron chi connectivity index (χ1n) is 4.90. The van der Waals surface area contributed by atoms with Crippen LogP contribution in [0.1, 0.15) is 24.5 Å². The number of nitrogens with two attached hydrogens (primary N) is 1. The Morgan fingerprint density at radius 1 is 1.29 bits per heavy atom. The number of rotatable bonds is 1. The largest absolute Gasteiger partial charge is 0.372 e. The Balaban J connectivity index is 2.16. The normalized spacial score (nSPS) is 27.6. The standard InChI is InChI=1S/C11H14ClNO/c12-9-5-3-8(4-6-9)11-10(13)2-1-7-14-11/h3-6,10-11H,1-2,7,13H2. The van der Waals surface area contributed by atoms with Gasteiger partial charge < -0.3 is 10.5 Å². The summed E-state index contributed by atoms with van der Waals surface area (Å²) >= 11 is 5.81. The van der Waals surface area contributed by atoms with Crippen LogP contribution in [0.4, 0.5) is 0 Å². The molecular weight excluding hydrogens is 198 g/mol. The van der Waals surface area contributed by atoms with Gasteiger partial charge in [0.15, 0.2) is 0 Å². The summed E-state index contributed by atoms with van der Waals surface area (Å²) in [6.45, 7) is 0.807. The number of halogens is 1. The number of hydrogen-bond acceptors (Lipinski definition) is 2. The van der Waals surface area contributed by atoms with E-state index in [1.54, 1.807) is 0 Å². The van der Waals surface area contributed by atoms with E-state index in [0.29, 0.717) is 0 Å². The highest BCUT2D eigenvalue weighted by molar-refractivity contribution is 6.30. The molecule has 0 radical (unpaired) electrons. The zero-order chi connectivity index (χ0) is 9.97. The fraction of sp³-hybridized carbons (Fsp3) is 0.455. The second-order valence-corrected chi connectivity index (χ2v) is 4.09. The molecule has 76 valence electrons. The molecule has 1 fully saturated rings.